The number of carbonyl (C=O) groups is 1. The average molecular weight is 342 g/mol. The number of hydrogen-bond donors (Lipinski definition) is 2. The Bertz CT molecular complexity index is 851. The Morgan fingerprint density at radius 1 is 1.33 bits per heavy atom. The number of fused-ring (bicyclic) bond motifs is 1. The van der Waals surface area contributed by atoms with Crippen LogP contribution in [0.4, 0.5) is 9.93 Å². The van der Waals surface area contributed by atoms with Crippen LogP contribution in [0, 0.1) is 6.92 Å². The average Bonchev–Trinajstić information content (AvgIpc) is 3.23. The van der Waals surface area contributed by atoms with Crippen LogP contribution >= 0.6 is 11.3 Å². The second kappa shape index (κ2) is 6.20. The summed E-state index contributed by atoms with van der Waals surface area (Å²) in [5.74, 6) is 0.474. The van der Waals surface area contributed by atoms with E-state index in [0.717, 1.165) is 42.0 Å². The molecule has 24 heavy (non-hydrogen) atoms. The first-order valence-electron chi connectivity index (χ1n) is 7.98. The number of hydrogen-bond acceptors (Lipinski definition) is 5. The number of nitrogens with one attached hydrogen (secondary N) is 2. The number of likely N-dealkylation sites (tertiary alicyclic amines) is 1. The van der Waals surface area contributed by atoms with Crippen molar-refractivity contribution in [1.82, 2.24) is 25.1 Å². The largest absolute Gasteiger partial charge is 0.324 e. The van der Waals surface area contributed by atoms with Crippen molar-refractivity contribution in [3.05, 3.63) is 35.8 Å². The highest BCUT2D eigenvalue weighted by molar-refractivity contribution is 7.21. The highest BCUT2D eigenvalue weighted by atomic mass is 32.1. The molecule has 0 radical (unpaired) electrons. The van der Waals surface area contributed by atoms with Crippen LogP contribution in [0.5, 0.6) is 0 Å². The Morgan fingerprint density at radius 2 is 2.17 bits per heavy atom. The second-order valence-corrected chi connectivity index (χ2v) is 7.00. The van der Waals surface area contributed by atoms with Gasteiger partial charge in [0.2, 0.25) is 0 Å². The van der Waals surface area contributed by atoms with E-state index >= 15 is 0 Å². The Labute approximate surface area is 143 Å². The molecule has 4 rings (SSSR count). The van der Waals surface area contributed by atoms with Crippen molar-refractivity contribution in [1.29, 1.82) is 0 Å². The van der Waals surface area contributed by atoms with E-state index in [2.05, 4.69) is 25.5 Å². The van der Waals surface area contributed by atoms with Crippen molar-refractivity contribution in [3.63, 3.8) is 0 Å². The van der Waals surface area contributed by atoms with Gasteiger partial charge in [-0.3, -0.25) is 10.4 Å². The van der Waals surface area contributed by atoms with Gasteiger partial charge in [-0.1, -0.05) is 11.3 Å². The first-order chi connectivity index (χ1) is 11.7. The lowest BCUT2D eigenvalue weighted by molar-refractivity contribution is 0.194. The van der Waals surface area contributed by atoms with Crippen LogP contribution in [0.25, 0.3) is 10.3 Å². The molecule has 4 heterocycles. The molecule has 2 N–H and O–H groups in total. The van der Waals surface area contributed by atoms with Crippen LogP contribution in [-0.2, 0) is 0 Å². The molecule has 1 fully saturated rings. The number of carbonyl (C=O) groups excluding carboxylic acids is 1. The molecule has 0 saturated carbocycles. The highest BCUT2D eigenvalue weighted by Gasteiger charge is 2.24. The van der Waals surface area contributed by atoms with Gasteiger partial charge >= 0.3 is 6.03 Å². The summed E-state index contributed by atoms with van der Waals surface area (Å²) in [5.41, 5.74) is 2.99. The van der Waals surface area contributed by atoms with Crippen LogP contribution in [0.1, 0.15) is 30.0 Å². The number of amides is 2. The van der Waals surface area contributed by atoms with Crippen molar-refractivity contribution < 1.29 is 4.79 Å². The number of pyridine rings is 1. The molecule has 1 saturated heterocycles. The maximum Gasteiger partial charge on any atom is 0.323 e. The van der Waals surface area contributed by atoms with Gasteiger partial charge < -0.3 is 4.90 Å². The topological polar surface area (TPSA) is 86.8 Å². The third-order valence-electron chi connectivity index (χ3n) is 4.38. The summed E-state index contributed by atoms with van der Waals surface area (Å²) in [6, 6.07) is 3.77. The SMILES string of the molecule is Cc1ccc2nc(NC(=O)N3CCC(c4cn[nH]c4)CC3)sc2n1. The van der Waals surface area contributed by atoms with E-state index in [1.807, 2.05) is 36.4 Å². The van der Waals surface area contributed by atoms with Crippen LogP contribution in [0.3, 0.4) is 0 Å². The van der Waals surface area contributed by atoms with Gasteiger partial charge in [-0.25, -0.2) is 14.8 Å². The summed E-state index contributed by atoms with van der Waals surface area (Å²) < 4.78 is 0. The number of aromatic amines is 1. The lowest BCUT2D eigenvalue weighted by Gasteiger charge is -2.31. The molecule has 3 aromatic rings. The molecule has 124 valence electrons. The van der Waals surface area contributed by atoms with Crippen molar-refractivity contribution in [2.24, 2.45) is 0 Å². The number of urea groups is 1. The lowest BCUT2D eigenvalue weighted by Crippen LogP contribution is -2.40. The molecular formula is C16H18N6OS. The first-order valence-corrected chi connectivity index (χ1v) is 8.79. The van der Waals surface area contributed by atoms with Gasteiger partial charge in [0, 0.05) is 25.0 Å². The Kier molecular flexibility index (Phi) is 3.89. The van der Waals surface area contributed by atoms with Gasteiger partial charge in [0.15, 0.2) is 5.13 Å². The lowest BCUT2D eigenvalue weighted by atomic mass is 9.92. The van der Waals surface area contributed by atoms with Gasteiger partial charge in [-0.05, 0) is 43.4 Å². The highest BCUT2D eigenvalue weighted by Crippen LogP contribution is 2.28. The van der Waals surface area contributed by atoms with E-state index in [1.54, 1.807) is 0 Å². The zero-order chi connectivity index (χ0) is 16.5. The van der Waals surface area contributed by atoms with Crippen molar-refractivity contribution >= 4 is 32.8 Å². The molecule has 0 spiro atoms. The van der Waals surface area contributed by atoms with Crippen molar-refractivity contribution in [3.8, 4) is 0 Å². The smallest absolute Gasteiger partial charge is 0.323 e. The molecule has 0 atom stereocenters. The third kappa shape index (κ3) is 2.96. The fourth-order valence-corrected chi connectivity index (χ4v) is 3.91. The number of nitrogens with zero attached hydrogens (tertiary/aromatic N) is 4. The van der Waals surface area contributed by atoms with Gasteiger partial charge in [0.05, 0.1) is 6.20 Å². The zero-order valence-electron chi connectivity index (χ0n) is 13.3. The predicted octanol–water partition coefficient (Wildman–Crippen LogP) is 3.13. The molecule has 7 nitrogen and oxygen atoms in total. The molecule has 8 heteroatoms. The summed E-state index contributed by atoms with van der Waals surface area (Å²) in [5, 5.41) is 10.4. The van der Waals surface area contributed by atoms with E-state index < -0.39 is 0 Å². The summed E-state index contributed by atoms with van der Waals surface area (Å²) in [6.45, 7) is 3.43. The Hall–Kier alpha value is -2.48. The van der Waals surface area contributed by atoms with Gasteiger partial charge in [0.25, 0.3) is 0 Å². The van der Waals surface area contributed by atoms with Crippen LogP contribution < -0.4 is 5.32 Å². The summed E-state index contributed by atoms with van der Waals surface area (Å²) in [6.07, 6.45) is 5.72. The Morgan fingerprint density at radius 3 is 2.92 bits per heavy atom. The van der Waals surface area contributed by atoms with Crippen molar-refractivity contribution in [2.75, 3.05) is 18.4 Å². The Balaban J connectivity index is 1.39. The summed E-state index contributed by atoms with van der Waals surface area (Å²) in [4.78, 5) is 24.0. The molecule has 1 aliphatic heterocycles. The van der Waals surface area contributed by atoms with E-state index in [1.165, 1.54) is 16.9 Å². The maximum atomic E-state index is 12.4. The molecule has 0 aromatic carbocycles. The second-order valence-electron chi connectivity index (χ2n) is 6.02. The number of aryl methyl sites for hydroxylation is 1. The number of H-pyrrole nitrogens is 1. The number of anilines is 1. The van der Waals surface area contributed by atoms with Crippen LogP contribution in [-0.4, -0.2) is 44.2 Å². The summed E-state index contributed by atoms with van der Waals surface area (Å²) >= 11 is 1.41. The standard InChI is InChI=1S/C16H18N6OS/c1-10-2-3-13-14(19-10)24-15(20-13)21-16(23)22-6-4-11(5-7-22)12-8-17-18-9-12/h2-3,8-9,11H,4-7H2,1H3,(H,17,18)(H,20,21,23). The molecular weight excluding hydrogens is 324 g/mol. The minimum atomic E-state index is -0.0866. The minimum absolute atomic E-state index is 0.0866. The zero-order valence-corrected chi connectivity index (χ0v) is 14.1. The number of aromatic nitrogens is 4. The predicted molar refractivity (Wildman–Crippen MR) is 93.3 cm³/mol. The van der Waals surface area contributed by atoms with E-state index in [9.17, 15) is 4.79 Å². The van der Waals surface area contributed by atoms with Gasteiger partial charge in [0.1, 0.15) is 10.3 Å². The third-order valence-corrected chi connectivity index (χ3v) is 5.26. The van der Waals surface area contributed by atoms with E-state index in [0.29, 0.717) is 11.0 Å². The van der Waals surface area contributed by atoms with Crippen LogP contribution in [0.2, 0.25) is 0 Å². The van der Waals surface area contributed by atoms with E-state index in [-0.39, 0.29) is 6.03 Å². The number of piperidine rings is 1. The van der Waals surface area contributed by atoms with Crippen molar-refractivity contribution in [2.45, 2.75) is 25.7 Å². The molecule has 1 aliphatic rings. The molecule has 0 unspecified atom stereocenters. The fraction of sp³-hybridized carbons (Fsp3) is 0.375. The van der Waals surface area contributed by atoms with Gasteiger partial charge in [-0.15, -0.1) is 0 Å². The monoisotopic (exact) mass is 342 g/mol. The summed E-state index contributed by atoms with van der Waals surface area (Å²) in [7, 11) is 0. The number of thiazole rings is 1. The molecule has 2 amide bonds. The normalized spacial score (nSPS) is 15.8. The fourth-order valence-electron chi connectivity index (χ4n) is 3.03. The minimum Gasteiger partial charge on any atom is -0.324 e. The maximum absolute atomic E-state index is 12.4. The van der Waals surface area contributed by atoms with Gasteiger partial charge in [-0.2, -0.15) is 5.10 Å². The first kappa shape index (κ1) is 15.1. The molecule has 0 aliphatic carbocycles. The van der Waals surface area contributed by atoms with E-state index in [4.69, 9.17) is 0 Å². The number of rotatable bonds is 2. The molecule has 3 aromatic heterocycles. The molecule has 0 bridgehead atoms. The van der Waals surface area contributed by atoms with Crippen LogP contribution in [0.15, 0.2) is 24.5 Å². The quantitative estimate of drug-likeness (QED) is 0.749.